The summed E-state index contributed by atoms with van der Waals surface area (Å²) in [5.41, 5.74) is 6.72. The van der Waals surface area contributed by atoms with Crippen molar-refractivity contribution < 1.29 is 0 Å². The third kappa shape index (κ3) is 3.30. The molecule has 3 rings (SSSR count). The Kier molecular flexibility index (Phi) is 4.92. The van der Waals surface area contributed by atoms with Gasteiger partial charge in [-0.05, 0) is 64.0 Å². The molecule has 1 heterocycles. The van der Waals surface area contributed by atoms with Crippen molar-refractivity contribution in [2.75, 3.05) is 33.2 Å². The summed E-state index contributed by atoms with van der Waals surface area (Å²) >= 11 is 0. The zero-order valence-electron chi connectivity index (χ0n) is 14.2. The van der Waals surface area contributed by atoms with Crippen molar-refractivity contribution in [2.24, 2.45) is 17.6 Å². The van der Waals surface area contributed by atoms with E-state index >= 15 is 0 Å². The molecule has 1 saturated heterocycles. The molecule has 2 saturated carbocycles. The molecule has 2 aliphatic carbocycles. The van der Waals surface area contributed by atoms with Crippen molar-refractivity contribution in [3.63, 3.8) is 0 Å². The van der Waals surface area contributed by atoms with Gasteiger partial charge in [0.1, 0.15) is 0 Å². The summed E-state index contributed by atoms with van der Waals surface area (Å²) < 4.78 is 0. The second-order valence-corrected chi connectivity index (χ2v) is 7.99. The standard InChI is InChI=1S/C18H35N3/c1-3-17-13-20(2)10-5-11-21(17)18(14-19)9-4-6-16(12-18)15-7-8-15/h15-17H,3-14,19H2,1-2H3. The fourth-order valence-electron chi connectivity index (χ4n) is 5.14. The topological polar surface area (TPSA) is 32.5 Å². The van der Waals surface area contributed by atoms with Crippen LogP contribution in [0, 0.1) is 11.8 Å². The molecule has 3 nitrogen and oxygen atoms in total. The van der Waals surface area contributed by atoms with Gasteiger partial charge in [0, 0.05) is 31.2 Å². The largest absolute Gasteiger partial charge is 0.329 e. The van der Waals surface area contributed by atoms with E-state index in [0.29, 0.717) is 11.6 Å². The van der Waals surface area contributed by atoms with Crippen LogP contribution < -0.4 is 5.73 Å². The molecular weight excluding hydrogens is 258 g/mol. The van der Waals surface area contributed by atoms with Crippen molar-refractivity contribution >= 4 is 0 Å². The Labute approximate surface area is 131 Å². The van der Waals surface area contributed by atoms with E-state index in [4.69, 9.17) is 5.73 Å². The minimum absolute atomic E-state index is 0.317. The van der Waals surface area contributed by atoms with Gasteiger partial charge >= 0.3 is 0 Å². The Balaban J connectivity index is 1.78. The Morgan fingerprint density at radius 1 is 1.10 bits per heavy atom. The van der Waals surface area contributed by atoms with Crippen molar-refractivity contribution in [2.45, 2.75) is 69.9 Å². The van der Waals surface area contributed by atoms with Crippen molar-refractivity contribution in [3.8, 4) is 0 Å². The molecule has 0 aromatic rings. The van der Waals surface area contributed by atoms with Crippen LogP contribution in [0.5, 0.6) is 0 Å². The first-order valence-corrected chi connectivity index (χ1v) is 9.34. The monoisotopic (exact) mass is 293 g/mol. The van der Waals surface area contributed by atoms with Crippen LogP contribution in [-0.4, -0.2) is 54.6 Å². The summed E-state index contributed by atoms with van der Waals surface area (Å²) in [4.78, 5) is 5.39. The van der Waals surface area contributed by atoms with Crippen LogP contribution in [0.4, 0.5) is 0 Å². The van der Waals surface area contributed by atoms with E-state index in [-0.39, 0.29) is 0 Å². The number of nitrogens with two attached hydrogens (primary N) is 1. The molecule has 3 aliphatic rings. The Morgan fingerprint density at radius 2 is 1.90 bits per heavy atom. The number of hydrogen-bond acceptors (Lipinski definition) is 3. The van der Waals surface area contributed by atoms with E-state index in [1.807, 2.05) is 0 Å². The minimum atomic E-state index is 0.317. The predicted molar refractivity (Wildman–Crippen MR) is 89.4 cm³/mol. The highest BCUT2D eigenvalue weighted by Gasteiger charge is 2.46. The smallest absolute Gasteiger partial charge is 0.0337 e. The van der Waals surface area contributed by atoms with Crippen molar-refractivity contribution in [1.82, 2.24) is 9.80 Å². The van der Waals surface area contributed by atoms with Gasteiger partial charge in [-0.15, -0.1) is 0 Å². The molecule has 0 aromatic carbocycles. The lowest BCUT2D eigenvalue weighted by Crippen LogP contribution is -2.60. The lowest BCUT2D eigenvalue weighted by atomic mass is 9.72. The minimum Gasteiger partial charge on any atom is -0.329 e. The van der Waals surface area contributed by atoms with Gasteiger partial charge in [0.2, 0.25) is 0 Å². The molecule has 0 aromatic heterocycles. The van der Waals surface area contributed by atoms with Crippen LogP contribution in [0.15, 0.2) is 0 Å². The third-order valence-electron chi connectivity index (χ3n) is 6.51. The van der Waals surface area contributed by atoms with Crippen LogP contribution >= 0.6 is 0 Å². The zero-order chi connectivity index (χ0) is 14.9. The van der Waals surface area contributed by atoms with Gasteiger partial charge in [-0.25, -0.2) is 0 Å². The quantitative estimate of drug-likeness (QED) is 0.865. The Bertz CT molecular complexity index is 341. The van der Waals surface area contributed by atoms with Gasteiger partial charge < -0.3 is 10.6 Å². The summed E-state index contributed by atoms with van der Waals surface area (Å²) in [6.45, 7) is 6.97. The van der Waals surface area contributed by atoms with Gasteiger partial charge in [0.15, 0.2) is 0 Å². The normalized spacial score (nSPS) is 40.1. The molecule has 0 radical (unpaired) electrons. The molecule has 0 amide bonds. The summed E-state index contributed by atoms with van der Waals surface area (Å²) in [6.07, 6.45) is 11.2. The highest BCUT2D eigenvalue weighted by molar-refractivity contribution is 5.02. The maximum atomic E-state index is 6.40. The van der Waals surface area contributed by atoms with E-state index in [9.17, 15) is 0 Å². The second kappa shape index (κ2) is 6.55. The molecule has 3 atom stereocenters. The summed E-state index contributed by atoms with van der Waals surface area (Å²) in [6, 6.07) is 0.707. The predicted octanol–water partition coefficient (Wildman–Crippen LogP) is 2.70. The summed E-state index contributed by atoms with van der Waals surface area (Å²) in [5, 5.41) is 0. The van der Waals surface area contributed by atoms with Crippen LogP contribution in [0.25, 0.3) is 0 Å². The highest BCUT2D eigenvalue weighted by atomic mass is 15.3. The number of hydrogen-bond donors (Lipinski definition) is 1. The van der Waals surface area contributed by atoms with Gasteiger partial charge in [-0.3, -0.25) is 4.90 Å². The lowest BCUT2D eigenvalue weighted by molar-refractivity contribution is -0.00127. The van der Waals surface area contributed by atoms with E-state index in [0.717, 1.165) is 18.4 Å². The summed E-state index contributed by atoms with van der Waals surface area (Å²) in [5.74, 6) is 2.02. The number of likely N-dealkylation sites (N-methyl/N-ethyl adjacent to an activating group) is 1. The Morgan fingerprint density at radius 3 is 2.57 bits per heavy atom. The second-order valence-electron chi connectivity index (χ2n) is 7.99. The average Bonchev–Trinajstić information content (AvgIpc) is 3.34. The molecule has 3 fully saturated rings. The van der Waals surface area contributed by atoms with Gasteiger partial charge in [0.05, 0.1) is 0 Å². The van der Waals surface area contributed by atoms with E-state index < -0.39 is 0 Å². The van der Waals surface area contributed by atoms with Gasteiger partial charge in [-0.1, -0.05) is 19.8 Å². The molecule has 0 spiro atoms. The average molecular weight is 293 g/mol. The fourth-order valence-corrected chi connectivity index (χ4v) is 5.14. The van der Waals surface area contributed by atoms with Crippen molar-refractivity contribution in [3.05, 3.63) is 0 Å². The van der Waals surface area contributed by atoms with Gasteiger partial charge in [0.25, 0.3) is 0 Å². The van der Waals surface area contributed by atoms with Crippen LogP contribution in [0.1, 0.15) is 58.3 Å². The van der Waals surface area contributed by atoms with Crippen molar-refractivity contribution in [1.29, 1.82) is 0 Å². The molecule has 3 heteroatoms. The molecular formula is C18H35N3. The Hall–Kier alpha value is -0.120. The van der Waals surface area contributed by atoms with E-state index in [1.165, 1.54) is 71.0 Å². The number of rotatable bonds is 4. The maximum absolute atomic E-state index is 6.40. The molecule has 3 unspecified atom stereocenters. The highest BCUT2D eigenvalue weighted by Crippen LogP contribution is 2.48. The van der Waals surface area contributed by atoms with Crippen LogP contribution in [0.3, 0.4) is 0 Å². The first kappa shape index (κ1) is 15.8. The first-order valence-electron chi connectivity index (χ1n) is 9.34. The summed E-state index contributed by atoms with van der Waals surface area (Å²) in [7, 11) is 2.29. The van der Waals surface area contributed by atoms with Crippen LogP contribution in [-0.2, 0) is 0 Å². The molecule has 122 valence electrons. The fraction of sp³-hybridized carbons (Fsp3) is 1.00. The molecule has 21 heavy (non-hydrogen) atoms. The number of nitrogens with zero attached hydrogens (tertiary/aromatic N) is 2. The first-order chi connectivity index (χ1) is 10.2. The van der Waals surface area contributed by atoms with E-state index in [2.05, 4.69) is 23.8 Å². The lowest BCUT2D eigenvalue weighted by Gasteiger charge is -2.51. The zero-order valence-corrected chi connectivity index (χ0v) is 14.2. The van der Waals surface area contributed by atoms with E-state index in [1.54, 1.807) is 0 Å². The van der Waals surface area contributed by atoms with Gasteiger partial charge in [-0.2, -0.15) is 0 Å². The maximum Gasteiger partial charge on any atom is 0.0337 e. The molecule has 0 bridgehead atoms. The SMILES string of the molecule is CCC1CN(C)CCCN1C1(CN)CCCC(C2CC2)C1. The third-order valence-corrected chi connectivity index (χ3v) is 6.51. The molecule has 1 aliphatic heterocycles. The van der Waals surface area contributed by atoms with Crippen LogP contribution in [0.2, 0.25) is 0 Å². The molecule has 2 N–H and O–H groups in total.